The van der Waals surface area contributed by atoms with E-state index in [1.54, 1.807) is 6.07 Å². The maximum Gasteiger partial charge on any atom is 0.244 e. The zero-order valence-electron chi connectivity index (χ0n) is 10.8. The van der Waals surface area contributed by atoms with Gasteiger partial charge in [-0.25, -0.2) is 4.39 Å². The van der Waals surface area contributed by atoms with Crippen molar-refractivity contribution in [1.82, 2.24) is 0 Å². The third kappa shape index (κ3) is 2.29. The molecule has 0 unspecified atom stereocenters. The van der Waals surface area contributed by atoms with E-state index in [9.17, 15) is 9.18 Å². The molecule has 1 amide bonds. The van der Waals surface area contributed by atoms with E-state index in [4.69, 9.17) is 0 Å². The molecule has 2 aromatic rings. The molecule has 1 aliphatic rings. The number of hydrogen-bond donors (Lipinski definition) is 1. The number of carbonyl (C=O) groups excluding carboxylic acids is 1. The highest BCUT2D eigenvalue weighted by atomic mass is 79.9. The number of nitrogens with one attached hydrogen (secondary N) is 1. The van der Waals surface area contributed by atoms with Crippen LogP contribution in [0.5, 0.6) is 0 Å². The number of anilines is 3. The maximum atomic E-state index is 13.8. The zero-order valence-corrected chi connectivity index (χ0v) is 12.4. The van der Waals surface area contributed by atoms with Gasteiger partial charge in [0, 0.05) is 11.8 Å². The van der Waals surface area contributed by atoms with Crippen molar-refractivity contribution in [3.8, 4) is 0 Å². The molecule has 0 radical (unpaired) electrons. The van der Waals surface area contributed by atoms with Crippen LogP contribution in [0.4, 0.5) is 21.5 Å². The van der Waals surface area contributed by atoms with Crippen molar-refractivity contribution in [3.63, 3.8) is 0 Å². The van der Waals surface area contributed by atoms with Crippen LogP contribution in [0.2, 0.25) is 0 Å². The summed E-state index contributed by atoms with van der Waals surface area (Å²) in [5.74, 6) is -0.464. The average molecular weight is 335 g/mol. The van der Waals surface area contributed by atoms with E-state index in [-0.39, 0.29) is 18.3 Å². The minimum Gasteiger partial charge on any atom is -0.330 e. The lowest BCUT2D eigenvalue weighted by atomic mass is 10.1. The lowest BCUT2D eigenvalue weighted by Gasteiger charge is -2.31. The Balaban J connectivity index is 2.12. The monoisotopic (exact) mass is 334 g/mol. The number of halogens is 2. The summed E-state index contributed by atoms with van der Waals surface area (Å²) < 4.78 is 14.1. The van der Waals surface area contributed by atoms with Crippen LogP contribution >= 0.6 is 15.9 Å². The van der Waals surface area contributed by atoms with Crippen molar-refractivity contribution in [2.24, 2.45) is 0 Å². The van der Waals surface area contributed by atoms with Crippen LogP contribution in [0, 0.1) is 12.7 Å². The van der Waals surface area contributed by atoms with Crippen LogP contribution in [0.15, 0.2) is 40.9 Å². The fourth-order valence-corrected chi connectivity index (χ4v) is 2.58. The summed E-state index contributed by atoms with van der Waals surface area (Å²) in [6, 6.07) is 10.8. The molecular weight excluding hydrogens is 323 g/mol. The summed E-state index contributed by atoms with van der Waals surface area (Å²) in [5, 5.41) is 2.76. The van der Waals surface area contributed by atoms with E-state index in [2.05, 4.69) is 21.2 Å². The highest BCUT2D eigenvalue weighted by molar-refractivity contribution is 9.10. The summed E-state index contributed by atoms with van der Waals surface area (Å²) in [7, 11) is 0. The van der Waals surface area contributed by atoms with E-state index in [1.807, 2.05) is 36.1 Å². The van der Waals surface area contributed by atoms with Gasteiger partial charge >= 0.3 is 0 Å². The number of benzene rings is 2. The fourth-order valence-electron chi connectivity index (χ4n) is 2.23. The van der Waals surface area contributed by atoms with Gasteiger partial charge in [-0.1, -0.05) is 17.7 Å². The smallest absolute Gasteiger partial charge is 0.244 e. The predicted molar refractivity (Wildman–Crippen MR) is 80.9 cm³/mol. The number of aryl methyl sites for hydroxylation is 1. The van der Waals surface area contributed by atoms with Crippen molar-refractivity contribution in [2.75, 3.05) is 16.8 Å². The summed E-state index contributed by atoms with van der Waals surface area (Å²) in [6.07, 6.45) is 0. The standard InChI is InChI=1S/C15H12BrFN2O/c1-9-2-4-10(5-3-9)19-8-15(20)18-13-6-11(16)12(17)7-14(13)19/h2-7H,8H2,1H3,(H,18,20). The van der Waals surface area contributed by atoms with Gasteiger partial charge < -0.3 is 10.2 Å². The van der Waals surface area contributed by atoms with Gasteiger partial charge in [0.1, 0.15) is 12.4 Å². The van der Waals surface area contributed by atoms with E-state index >= 15 is 0 Å². The molecule has 0 bridgehead atoms. The third-order valence-electron chi connectivity index (χ3n) is 3.25. The first kappa shape index (κ1) is 13.1. The maximum absolute atomic E-state index is 13.8. The van der Waals surface area contributed by atoms with Crippen molar-refractivity contribution in [2.45, 2.75) is 6.92 Å². The molecule has 0 fully saturated rings. The van der Waals surface area contributed by atoms with Crippen LogP contribution in [-0.4, -0.2) is 12.5 Å². The van der Waals surface area contributed by atoms with Crippen molar-refractivity contribution < 1.29 is 9.18 Å². The second kappa shape index (κ2) is 4.90. The highest BCUT2D eigenvalue weighted by Gasteiger charge is 2.24. The van der Waals surface area contributed by atoms with Crippen molar-refractivity contribution >= 4 is 38.9 Å². The predicted octanol–water partition coefficient (Wildman–Crippen LogP) is 3.99. The van der Waals surface area contributed by atoms with Gasteiger partial charge in [0.2, 0.25) is 5.91 Å². The molecule has 1 heterocycles. The molecule has 1 N–H and O–H groups in total. The topological polar surface area (TPSA) is 32.3 Å². The van der Waals surface area contributed by atoms with E-state index in [0.29, 0.717) is 15.8 Å². The average Bonchev–Trinajstić information content (AvgIpc) is 2.41. The first-order valence-corrected chi connectivity index (χ1v) is 6.97. The molecule has 0 saturated heterocycles. The molecule has 0 atom stereocenters. The number of fused-ring (bicyclic) bond motifs is 1. The SMILES string of the molecule is Cc1ccc(N2CC(=O)Nc3cc(Br)c(F)cc32)cc1. The molecule has 0 aromatic heterocycles. The van der Waals surface area contributed by atoms with Crippen LogP contribution in [0.25, 0.3) is 0 Å². The first-order chi connectivity index (χ1) is 9.54. The fraction of sp³-hybridized carbons (Fsp3) is 0.133. The Morgan fingerprint density at radius 3 is 2.65 bits per heavy atom. The largest absolute Gasteiger partial charge is 0.330 e. The van der Waals surface area contributed by atoms with Gasteiger partial charge in [-0.3, -0.25) is 4.79 Å². The number of nitrogens with zero attached hydrogens (tertiary/aromatic N) is 1. The van der Waals surface area contributed by atoms with Gasteiger partial charge in [0.05, 0.1) is 15.8 Å². The Hall–Kier alpha value is -1.88. The molecular formula is C15H12BrFN2O. The lowest BCUT2D eigenvalue weighted by molar-refractivity contribution is -0.115. The Morgan fingerprint density at radius 2 is 1.95 bits per heavy atom. The molecule has 102 valence electrons. The molecule has 1 aliphatic heterocycles. The van der Waals surface area contributed by atoms with Crippen molar-refractivity contribution in [3.05, 3.63) is 52.3 Å². The van der Waals surface area contributed by atoms with Gasteiger partial charge in [-0.15, -0.1) is 0 Å². The van der Waals surface area contributed by atoms with Crippen LogP contribution in [-0.2, 0) is 4.79 Å². The summed E-state index contributed by atoms with van der Waals surface area (Å²) in [6.45, 7) is 2.18. The molecule has 2 aromatic carbocycles. The number of rotatable bonds is 1. The van der Waals surface area contributed by atoms with E-state index in [1.165, 1.54) is 6.07 Å². The molecule has 0 saturated carbocycles. The molecule has 3 nitrogen and oxygen atoms in total. The summed E-state index contributed by atoms with van der Waals surface area (Å²) >= 11 is 3.14. The van der Waals surface area contributed by atoms with Gasteiger partial charge in [0.25, 0.3) is 0 Å². The van der Waals surface area contributed by atoms with Crippen LogP contribution < -0.4 is 10.2 Å². The number of hydrogen-bond acceptors (Lipinski definition) is 2. The Kier molecular flexibility index (Phi) is 3.22. The van der Waals surface area contributed by atoms with Gasteiger partial charge in [-0.2, -0.15) is 0 Å². The normalized spacial score (nSPS) is 13.9. The minimum atomic E-state index is -0.350. The zero-order chi connectivity index (χ0) is 14.3. The lowest BCUT2D eigenvalue weighted by Crippen LogP contribution is -2.35. The van der Waals surface area contributed by atoms with Crippen LogP contribution in [0.1, 0.15) is 5.56 Å². The Morgan fingerprint density at radius 1 is 1.25 bits per heavy atom. The third-order valence-corrected chi connectivity index (χ3v) is 3.86. The first-order valence-electron chi connectivity index (χ1n) is 6.18. The quantitative estimate of drug-likeness (QED) is 0.855. The molecule has 5 heteroatoms. The Bertz CT molecular complexity index is 685. The van der Waals surface area contributed by atoms with Gasteiger partial charge in [-0.05, 0) is 41.1 Å². The summed E-state index contributed by atoms with van der Waals surface area (Å²) in [4.78, 5) is 13.6. The minimum absolute atomic E-state index is 0.114. The second-order valence-corrected chi connectivity index (χ2v) is 5.61. The van der Waals surface area contributed by atoms with E-state index < -0.39 is 0 Å². The molecule has 3 rings (SSSR count). The highest BCUT2D eigenvalue weighted by Crippen LogP contribution is 2.38. The number of carbonyl (C=O) groups is 1. The second-order valence-electron chi connectivity index (χ2n) is 4.75. The molecule has 0 spiro atoms. The molecule has 20 heavy (non-hydrogen) atoms. The van der Waals surface area contributed by atoms with Crippen molar-refractivity contribution in [1.29, 1.82) is 0 Å². The van der Waals surface area contributed by atoms with Crippen LogP contribution in [0.3, 0.4) is 0 Å². The Labute approximate surface area is 124 Å². The molecule has 0 aliphatic carbocycles. The van der Waals surface area contributed by atoms with E-state index in [0.717, 1.165) is 11.3 Å². The van der Waals surface area contributed by atoms with Gasteiger partial charge in [0.15, 0.2) is 0 Å². The number of amides is 1. The summed E-state index contributed by atoms with van der Waals surface area (Å²) in [5.41, 5.74) is 3.27.